The van der Waals surface area contributed by atoms with Gasteiger partial charge in [0.05, 0.1) is 10.6 Å². The van der Waals surface area contributed by atoms with E-state index in [9.17, 15) is 4.79 Å². The normalized spacial score (nSPS) is 13.9. The van der Waals surface area contributed by atoms with Crippen LogP contribution in [0.15, 0.2) is 22.1 Å². The van der Waals surface area contributed by atoms with Crippen LogP contribution in [0.3, 0.4) is 0 Å². The maximum absolute atomic E-state index is 12.3. The Balaban J connectivity index is 2.12. The van der Waals surface area contributed by atoms with E-state index in [1.807, 2.05) is 26.2 Å². The Morgan fingerprint density at radius 1 is 1.57 bits per heavy atom. The highest BCUT2D eigenvalue weighted by Gasteiger charge is 2.25. The molecule has 6 heteroatoms. The quantitative estimate of drug-likeness (QED) is 0.860. The molecule has 21 heavy (non-hydrogen) atoms. The van der Waals surface area contributed by atoms with Crippen LogP contribution >= 0.6 is 11.3 Å². The molecule has 0 aliphatic rings. The number of carbonyl (C=O) groups excluding carboxylic acids is 1. The molecule has 1 amide bonds. The summed E-state index contributed by atoms with van der Waals surface area (Å²) in [6.07, 6.45) is 2.70. The van der Waals surface area contributed by atoms with Crippen LogP contribution in [0.1, 0.15) is 42.1 Å². The van der Waals surface area contributed by atoms with Crippen molar-refractivity contribution in [2.75, 3.05) is 6.61 Å². The Morgan fingerprint density at radius 3 is 2.90 bits per heavy atom. The van der Waals surface area contributed by atoms with Crippen molar-refractivity contribution in [3.8, 4) is 11.5 Å². The van der Waals surface area contributed by atoms with Crippen molar-refractivity contribution in [2.24, 2.45) is 0 Å². The van der Waals surface area contributed by atoms with Crippen molar-refractivity contribution in [1.82, 2.24) is 10.3 Å². The lowest BCUT2D eigenvalue weighted by atomic mass is 9.94. The van der Waals surface area contributed by atoms with Crippen LogP contribution in [0.5, 0.6) is 0 Å². The van der Waals surface area contributed by atoms with E-state index < -0.39 is 5.54 Å². The predicted molar refractivity (Wildman–Crippen MR) is 82.4 cm³/mol. The lowest BCUT2D eigenvalue weighted by Crippen LogP contribution is -2.46. The minimum atomic E-state index is -0.416. The van der Waals surface area contributed by atoms with Crippen LogP contribution in [0.25, 0.3) is 11.5 Å². The van der Waals surface area contributed by atoms with Crippen molar-refractivity contribution in [2.45, 2.75) is 39.2 Å². The maximum Gasteiger partial charge on any atom is 0.254 e. The fourth-order valence-corrected chi connectivity index (χ4v) is 2.59. The van der Waals surface area contributed by atoms with Crippen LogP contribution in [-0.4, -0.2) is 28.1 Å². The summed E-state index contributed by atoms with van der Waals surface area (Å²) >= 11 is 1.54. The lowest BCUT2D eigenvalue weighted by molar-refractivity contribution is 0.0885. The SMILES string of the molecule is CCC(C)(CCO)NC(=O)c1coc(-c2csc(C)n2)c1. The number of aliphatic hydroxyl groups excluding tert-OH is 1. The Kier molecular flexibility index (Phi) is 4.80. The highest BCUT2D eigenvalue weighted by Crippen LogP contribution is 2.24. The second-order valence-corrected chi connectivity index (χ2v) is 6.36. The maximum atomic E-state index is 12.3. The number of aryl methyl sites for hydroxylation is 1. The fourth-order valence-electron chi connectivity index (χ4n) is 1.99. The third kappa shape index (κ3) is 3.71. The number of furan rings is 1. The Bertz CT molecular complexity index is 620. The molecule has 0 bridgehead atoms. The van der Waals surface area contributed by atoms with Crippen molar-refractivity contribution in [1.29, 1.82) is 0 Å². The van der Waals surface area contributed by atoms with Gasteiger partial charge in [-0.3, -0.25) is 4.79 Å². The third-order valence-corrected chi connectivity index (χ3v) is 4.37. The molecule has 1 unspecified atom stereocenters. The van der Waals surface area contributed by atoms with Gasteiger partial charge in [-0.15, -0.1) is 11.3 Å². The van der Waals surface area contributed by atoms with Gasteiger partial charge in [0.1, 0.15) is 12.0 Å². The number of amides is 1. The summed E-state index contributed by atoms with van der Waals surface area (Å²) in [7, 11) is 0. The number of hydrogen-bond acceptors (Lipinski definition) is 5. The number of thiazole rings is 1. The zero-order valence-corrected chi connectivity index (χ0v) is 13.3. The van der Waals surface area contributed by atoms with E-state index >= 15 is 0 Å². The zero-order chi connectivity index (χ0) is 15.5. The van der Waals surface area contributed by atoms with Gasteiger partial charge in [-0.1, -0.05) is 6.92 Å². The predicted octanol–water partition coefficient (Wildman–Crippen LogP) is 2.99. The second-order valence-electron chi connectivity index (χ2n) is 5.29. The lowest BCUT2D eigenvalue weighted by Gasteiger charge is -2.28. The largest absolute Gasteiger partial charge is 0.462 e. The van der Waals surface area contributed by atoms with E-state index in [0.717, 1.165) is 17.1 Å². The number of aromatic nitrogens is 1. The minimum absolute atomic E-state index is 0.0410. The molecule has 5 nitrogen and oxygen atoms in total. The van der Waals surface area contributed by atoms with Crippen molar-refractivity contribution < 1.29 is 14.3 Å². The van der Waals surface area contributed by atoms with Gasteiger partial charge < -0.3 is 14.8 Å². The van der Waals surface area contributed by atoms with Crippen LogP contribution in [0.2, 0.25) is 0 Å². The van der Waals surface area contributed by atoms with Crippen LogP contribution in [0.4, 0.5) is 0 Å². The molecule has 0 spiro atoms. The van der Waals surface area contributed by atoms with Crippen molar-refractivity contribution in [3.63, 3.8) is 0 Å². The van der Waals surface area contributed by atoms with Crippen molar-refractivity contribution in [3.05, 3.63) is 28.3 Å². The molecule has 1 atom stereocenters. The summed E-state index contributed by atoms with van der Waals surface area (Å²) in [5.74, 6) is 0.389. The van der Waals surface area contributed by atoms with Gasteiger partial charge in [0.15, 0.2) is 5.76 Å². The summed E-state index contributed by atoms with van der Waals surface area (Å²) in [6, 6.07) is 1.69. The molecule has 0 aliphatic carbocycles. The second kappa shape index (κ2) is 6.41. The van der Waals surface area contributed by atoms with E-state index in [4.69, 9.17) is 9.52 Å². The summed E-state index contributed by atoms with van der Waals surface area (Å²) in [4.78, 5) is 16.6. The van der Waals surface area contributed by atoms with E-state index in [-0.39, 0.29) is 12.5 Å². The smallest absolute Gasteiger partial charge is 0.254 e. The number of nitrogens with one attached hydrogen (secondary N) is 1. The molecule has 2 aromatic rings. The number of rotatable bonds is 6. The molecule has 0 aromatic carbocycles. The van der Waals surface area contributed by atoms with Gasteiger partial charge in [-0.05, 0) is 32.8 Å². The van der Waals surface area contributed by atoms with Gasteiger partial charge in [-0.25, -0.2) is 4.98 Å². The van der Waals surface area contributed by atoms with Gasteiger partial charge in [0, 0.05) is 17.5 Å². The first-order valence-corrected chi connectivity index (χ1v) is 7.80. The van der Waals surface area contributed by atoms with E-state index in [2.05, 4.69) is 10.3 Å². The molecule has 2 heterocycles. The minimum Gasteiger partial charge on any atom is -0.462 e. The number of nitrogens with zero attached hydrogens (tertiary/aromatic N) is 1. The standard InChI is InChI=1S/C15H20N2O3S/c1-4-15(3,5-6-18)17-14(19)11-7-13(20-8-11)12-9-21-10(2)16-12/h7-9,18H,4-6H2,1-3H3,(H,17,19). The average Bonchev–Trinajstić information content (AvgIpc) is 3.07. The van der Waals surface area contributed by atoms with E-state index in [0.29, 0.717) is 17.7 Å². The van der Waals surface area contributed by atoms with Gasteiger partial charge in [0.2, 0.25) is 0 Å². The van der Waals surface area contributed by atoms with Crippen molar-refractivity contribution >= 4 is 17.2 Å². The van der Waals surface area contributed by atoms with Gasteiger partial charge >= 0.3 is 0 Å². The van der Waals surface area contributed by atoms with Gasteiger partial charge in [0.25, 0.3) is 5.91 Å². The molecule has 2 aromatic heterocycles. The summed E-state index contributed by atoms with van der Waals surface area (Å²) in [5, 5.41) is 14.9. The summed E-state index contributed by atoms with van der Waals surface area (Å²) in [5.41, 5.74) is 0.791. The Labute approximate surface area is 128 Å². The zero-order valence-electron chi connectivity index (χ0n) is 12.5. The first-order chi connectivity index (χ1) is 9.97. The van der Waals surface area contributed by atoms with Gasteiger partial charge in [-0.2, -0.15) is 0 Å². The highest BCUT2D eigenvalue weighted by atomic mass is 32.1. The van der Waals surface area contributed by atoms with E-state index in [1.165, 1.54) is 17.6 Å². The van der Waals surface area contributed by atoms with E-state index in [1.54, 1.807) is 6.07 Å². The van der Waals surface area contributed by atoms with Crippen LogP contribution in [-0.2, 0) is 0 Å². The molecule has 0 aliphatic heterocycles. The summed E-state index contributed by atoms with van der Waals surface area (Å²) in [6.45, 7) is 5.87. The van der Waals surface area contributed by atoms with Crippen LogP contribution in [0, 0.1) is 6.92 Å². The summed E-state index contributed by atoms with van der Waals surface area (Å²) < 4.78 is 5.43. The molecular weight excluding hydrogens is 288 g/mol. The molecule has 114 valence electrons. The fraction of sp³-hybridized carbons (Fsp3) is 0.467. The number of aliphatic hydroxyl groups is 1. The molecular formula is C15H20N2O3S. The number of carbonyl (C=O) groups is 1. The molecule has 2 N–H and O–H groups in total. The molecule has 0 saturated heterocycles. The molecule has 2 rings (SSSR count). The monoisotopic (exact) mass is 308 g/mol. The molecule has 0 radical (unpaired) electrons. The topological polar surface area (TPSA) is 75.4 Å². The average molecular weight is 308 g/mol. The highest BCUT2D eigenvalue weighted by molar-refractivity contribution is 7.09. The number of hydrogen-bond donors (Lipinski definition) is 2. The molecule has 0 fully saturated rings. The first kappa shape index (κ1) is 15.7. The first-order valence-electron chi connectivity index (χ1n) is 6.92. The Hall–Kier alpha value is -1.66. The third-order valence-electron chi connectivity index (χ3n) is 3.59. The Morgan fingerprint density at radius 2 is 2.33 bits per heavy atom. The van der Waals surface area contributed by atoms with Crippen LogP contribution < -0.4 is 5.32 Å². The molecule has 0 saturated carbocycles.